The lowest BCUT2D eigenvalue weighted by Gasteiger charge is -2.09. The summed E-state index contributed by atoms with van der Waals surface area (Å²) in [6.45, 7) is 0. The highest BCUT2D eigenvalue weighted by Gasteiger charge is 2.27. The van der Waals surface area contributed by atoms with E-state index in [1.807, 2.05) is 0 Å². The lowest BCUT2D eigenvalue weighted by Crippen LogP contribution is -2.04. The molecule has 108 valence electrons. The van der Waals surface area contributed by atoms with Gasteiger partial charge in [-0.1, -0.05) is 11.3 Å². The third-order valence-corrected chi connectivity index (χ3v) is 3.85. The van der Waals surface area contributed by atoms with Crippen LogP contribution in [0.4, 0.5) is 5.00 Å². The predicted molar refractivity (Wildman–Crippen MR) is 75.4 cm³/mol. The van der Waals surface area contributed by atoms with Crippen LogP contribution in [-0.4, -0.2) is 17.9 Å². The highest BCUT2D eigenvalue weighted by atomic mass is 32.1. The van der Waals surface area contributed by atoms with E-state index in [1.165, 1.54) is 6.07 Å². The van der Waals surface area contributed by atoms with E-state index >= 15 is 0 Å². The van der Waals surface area contributed by atoms with Gasteiger partial charge in [0.15, 0.2) is 0 Å². The first kappa shape index (κ1) is 13.4. The van der Waals surface area contributed by atoms with Crippen molar-refractivity contribution in [3.63, 3.8) is 0 Å². The van der Waals surface area contributed by atoms with E-state index in [4.69, 9.17) is 14.3 Å². The van der Waals surface area contributed by atoms with E-state index in [-0.39, 0.29) is 10.9 Å². The number of nitro groups is 1. The van der Waals surface area contributed by atoms with E-state index in [2.05, 4.69) is 5.16 Å². The minimum absolute atomic E-state index is 0.0317. The third kappa shape index (κ3) is 2.65. The topological polar surface area (TPSA) is 83.2 Å². The zero-order valence-electron chi connectivity index (χ0n) is 10.9. The van der Waals surface area contributed by atoms with Gasteiger partial charge in [0.1, 0.15) is 5.75 Å². The Balaban J connectivity index is 1.72. The molecular formula is C13H10N2O5S. The van der Waals surface area contributed by atoms with Crippen molar-refractivity contribution in [1.82, 2.24) is 0 Å². The summed E-state index contributed by atoms with van der Waals surface area (Å²) in [7, 11) is 1.59. The fourth-order valence-corrected chi connectivity index (χ4v) is 2.52. The van der Waals surface area contributed by atoms with Crippen LogP contribution in [0.1, 0.15) is 16.7 Å². The summed E-state index contributed by atoms with van der Waals surface area (Å²) in [6.07, 6.45) is -0.660. The Morgan fingerprint density at radius 3 is 2.67 bits per heavy atom. The minimum atomic E-state index is -0.660. The van der Waals surface area contributed by atoms with Crippen molar-refractivity contribution in [3.05, 3.63) is 57.0 Å². The molecular weight excluding hydrogens is 296 g/mol. The van der Waals surface area contributed by atoms with Crippen molar-refractivity contribution in [3.8, 4) is 5.75 Å². The van der Waals surface area contributed by atoms with Crippen molar-refractivity contribution in [2.75, 3.05) is 7.11 Å². The highest BCUT2D eigenvalue weighted by Crippen LogP contribution is 2.32. The molecule has 2 heterocycles. The molecule has 21 heavy (non-hydrogen) atoms. The first-order valence-corrected chi connectivity index (χ1v) is 6.78. The van der Waals surface area contributed by atoms with Gasteiger partial charge in [0.2, 0.25) is 0 Å². The molecule has 1 unspecified atom stereocenters. The molecule has 1 aromatic carbocycles. The Kier molecular flexibility index (Phi) is 3.44. The van der Waals surface area contributed by atoms with Crippen LogP contribution in [0.3, 0.4) is 0 Å². The van der Waals surface area contributed by atoms with E-state index in [9.17, 15) is 10.1 Å². The number of ether oxygens (including phenoxy) is 2. The van der Waals surface area contributed by atoms with Gasteiger partial charge < -0.3 is 14.3 Å². The summed E-state index contributed by atoms with van der Waals surface area (Å²) < 4.78 is 10.6. The molecule has 0 saturated carbocycles. The molecule has 0 saturated heterocycles. The number of benzene rings is 1. The van der Waals surface area contributed by atoms with Gasteiger partial charge in [-0.05, 0) is 35.5 Å². The van der Waals surface area contributed by atoms with Crippen LogP contribution < -0.4 is 4.74 Å². The lowest BCUT2D eigenvalue weighted by molar-refractivity contribution is -0.380. The average molecular weight is 306 g/mol. The maximum atomic E-state index is 10.7. The molecule has 0 fully saturated rings. The number of hydrogen-bond donors (Lipinski definition) is 0. The Morgan fingerprint density at radius 1 is 1.29 bits per heavy atom. The number of methoxy groups -OCH3 is 1. The average Bonchev–Trinajstić information content (AvgIpc) is 3.16. The van der Waals surface area contributed by atoms with E-state index in [0.29, 0.717) is 4.88 Å². The van der Waals surface area contributed by atoms with Crippen molar-refractivity contribution >= 4 is 22.2 Å². The second kappa shape index (κ2) is 5.41. The zero-order chi connectivity index (χ0) is 14.8. The molecule has 0 amide bonds. The van der Waals surface area contributed by atoms with E-state index in [1.54, 1.807) is 37.4 Å². The van der Waals surface area contributed by atoms with Crippen LogP contribution in [0, 0.1) is 10.1 Å². The summed E-state index contributed by atoms with van der Waals surface area (Å²) in [6, 6.07) is 10.2. The molecule has 2 aromatic rings. The summed E-state index contributed by atoms with van der Waals surface area (Å²) in [5.74, 6) is 0.973. The number of hydrogen-bond acceptors (Lipinski definition) is 7. The van der Waals surface area contributed by atoms with E-state index < -0.39 is 11.2 Å². The molecule has 0 aliphatic carbocycles. The second-order valence-corrected chi connectivity index (χ2v) is 5.18. The summed E-state index contributed by atoms with van der Waals surface area (Å²) in [5, 5.41) is 14.5. The summed E-state index contributed by atoms with van der Waals surface area (Å²) in [5.41, 5.74) is 0.778. The maximum Gasteiger partial charge on any atom is 0.324 e. The predicted octanol–water partition coefficient (Wildman–Crippen LogP) is 3.07. The molecule has 7 nitrogen and oxygen atoms in total. The first-order chi connectivity index (χ1) is 10.2. The fraction of sp³-hybridized carbons (Fsp3) is 0.154. The normalized spacial score (nSPS) is 16.8. The molecule has 3 rings (SSSR count). The van der Waals surface area contributed by atoms with Crippen LogP contribution in [0.2, 0.25) is 0 Å². The Bertz CT molecular complexity index is 695. The third-order valence-electron chi connectivity index (χ3n) is 2.82. The van der Waals surface area contributed by atoms with Gasteiger partial charge in [-0.15, -0.1) is 0 Å². The number of thiophene rings is 1. The molecule has 1 aliphatic rings. The van der Waals surface area contributed by atoms with Gasteiger partial charge in [-0.3, -0.25) is 10.1 Å². The van der Waals surface area contributed by atoms with Gasteiger partial charge in [0.25, 0.3) is 12.2 Å². The molecule has 1 aromatic heterocycles. The zero-order valence-corrected chi connectivity index (χ0v) is 11.7. The highest BCUT2D eigenvalue weighted by molar-refractivity contribution is 7.17. The van der Waals surface area contributed by atoms with Crippen molar-refractivity contribution in [1.29, 1.82) is 0 Å². The molecule has 8 heteroatoms. The van der Waals surface area contributed by atoms with Gasteiger partial charge >= 0.3 is 5.00 Å². The molecule has 0 radical (unpaired) electrons. The van der Waals surface area contributed by atoms with Gasteiger partial charge in [-0.25, -0.2) is 0 Å². The number of nitrogens with zero attached hydrogens (tertiary/aromatic N) is 2. The van der Waals surface area contributed by atoms with Crippen LogP contribution in [-0.2, 0) is 9.57 Å². The standard InChI is InChI=1S/C13H10N2O5S/c1-18-9-4-2-8(3-5-9)13-19-12(14-20-13)10-6-7-11(21-10)15(16)17/h2-7,13H,1H3. The van der Waals surface area contributed by atoms with Gasteiger partial charge in [0, 0.05) is 11.6 Å². The number of oxime groups is 1. The van der Waals surface area contributed by atoms with Crippen LogP contribution in [0.15, 0.2) is 41.6 Å². The van der Waals surface area contributed by atoms with Gasteiger partial charge in [-0.2, -0.15) is 0 Å². The van der Waals surface area contributed by atoms with E-state index in [0.717, 1.165) is 22.6 Å². The molecule has 1 aliphatic heterocycles. The molecule has 0 spiro atoms. The lowest BCUT2D eigenvalue weighted by atomic mass is 10.2. The molecule has 1 atom stereocenters. The molecule has 0 N–H and O–H groups in total. The largest absolute Gasteiger partial charge is 0.497 e. The SMILES string of the molecule is COc1ccc(C2ON=C(c3ccc([N+](=O)[O-])s3)O2)cc1. The quantitative estimate of drug-likeness (QED) is 0.640. The fourth-order valence-electron chi connectivity index (χ4n) is 1.77. The van der Waals surface area contributed by atoms with Gasteiger partial charge in [0.05, 0.1) is 16.9 Å². The Morgan fingerprint density at radius 2 is 2.05 bits per heavy atom. The Hall–Kier alpha value is -2.61. The Labute approximate surface area is 123 Å². The smallest absolute Gasteiger partial charge is 0.324 e. The summed E-state index contributed by atoms with van der Waals surface area (Å²) in [4.78, 5) is 16.0. The monoisotopic (exact) mass is 306 g/mol. The van der Waals surface area contributed by atoms with Crippen molar-refractivity contribution in [2.45, 2.75) is 6.29 Å². The summed E-state index contributed by atoms with van der Waals surface area (Å²) >= 11 is 0.987. The minimum Gasteiger partial charge on any atom is -0.497 e. The number of rotatable bonds is 4. The first-order valence-electron chi connectivity index (χ1n) is 5.96. The van der Waals surface area contributed by atoms with Crippen molar-refractivity contribution in [2.24, 2.45) is 5.16 Å². The second-order valence-electron chi connectivity index (χ2n) is 4.12. The van der Waals surface area contributed by atoms with Crippen LogP contribution in [0.5, 0.6) is 5.75 Å². The van der Waals surface area contributed by atoms with Crippen molar-refractivity contribution < 1.29 is 19.2 Å². The van der Waals surface area contributed by atoms with Crippen LogP contribution >= 0.6 is 11.3 Å². The molecule has 0 bridgehead atoms. The van der Waals surface area contributed by atoms with Crippen LogP contribution in [0.25, 0.3) is 0 Å². The maximum absolute atomic E-state index is 10.7.